The van der Waals surface area contributed by atoms with E-state index >= 15 is 0 Å². The van der Waals surface area contributed by atoms with Crippen molar-refractivity contribution in [3.8, 4) is 21.0 Å². The summed E-state index contributed by atoms with van der Waals surface area (Å²) < 4.78 is 3.45. The predicted molar refractivity (Wildman–Crippen MR) is 144 cm³/mol. The number of carbonyl (C=O) groups is 2. The second-order valence-corrected chi connectivity index (χ2v) is 11.5. The number of hydrogen-bond acceptors (Lipinski definition) is 6. The highest BCUT2D eigenvalue weighted by Crippen LogP contribution is 2.38. The van der Waals surface area contributed by atoms with E-state index in [2.05, 4.69) is 41.1 Å². The molecule has 0 unspecified atom stereocenters. The zero-order valence-corrected chi connectivity index (χ0v) is 22.1. The average Bonchev–Trinajstić information content (AvgIpc) is 3.21. The third-order valence-electron chi connectivity index (χ3n) is 4.55. The molecule has 0 spiro atoms. The molecule has 1 aromatic heterocycles. The number of nitrogens with zero attached hydrogens (tertiary/aromatic N) is 1. The molecule has 0 aliphatic carbocycles. The van der Waals surface area contributed by atoms with Gasteiger partial charge in [0, 0.05) is 52.5 Å². The van der Waals surface area contributed by atoms with Gasteiger partial charge in [-0.2, -0.15) is 0 Å². The summed E-state index contributed by atoms with van der Waals surface area (Å²) in [5.74, 6) is 0.245. The maximum atomic E-state index is 12.0. The summed E-state index contributed by atoms with van der Waals surface area (Å²) in [7, 11) is 0. The first kappa shape index (κ1) is 25.9. The van der Waals surface area contributed by atoms with Gasteiger partial charge in [0.25, 0.3) is 0 Å². The van der Waals surface area contributed by atoms with Gasteiger partial charge in [-0.25, -0.2) is 4.98 Å². The quantitative estimate of drug-likeness (QED) is 0.298. The van der Waals surface area contributed by atoms with E-state index in [9.17, 15) is 9.59 Å². The van der Waals surface area contributed by atoms with Crippen molar-refractivity contribution in [2.45, 2.75) is 58.4 Å². The maximum Gasteiger partial charge on any atom is 0.224 e. The highest BCUT2D eigenvalue weighted by atomic mass is 32.2. The van der Waals surface area contributed by atoms with Crippen LogP contribution in [0.1, 0.15) is 48.0 Å². The Morgan fingerprint density at radius 2 is 1.71 bits per heavy atom. The third kappa shape index (κ3) is 7.68. The van der Waals surface area contributed by atoms with E-state index < -0.39 is 0 Å². The van der Waals surface area contributed by atoms with E-state index in [-0.39, 0.29) is 17.4 Å². The summed E-state index contributed by atoms with van der Waals surface area (Å²) in [6, 6.07) is 13.7. The molecule has 2 aromatic carbocycles. The summed E-state index contributed by atoms with van der Waals surface area (Å²) in [6.07, 6.45) is 2.38. The van der Waals surface area contributed by atoms with Crippen LogP contribution < -0.4 is 15.4 Å². The minimum Gasteiger partial charge on any atom is -0.326 e. The number of thiazole rings is 1. The fourth-order valence-corrected chi connectivity index (χ4v) is 5.03. The van der Waals surface area contributed by atoms with Gasteiger partial charge in [-0.15, -0.1) is 11.3 Å². The topological polar surface area (TPSA) is 83.1 Å². The van der Waals surface area contributed by atoms with Crippen LogP contribution in [0.4, 0.5) is 11.4 Å². The smallest absolute Gasteiger partial charge is 0.224 e. The molecule has 3 rings (SSSR count). The predicted octanol–water partition coefficient (Wildman–Crippen LogP) is 6.82. The summed E-state index contributed by atoms with van der Waals surface area (Å²) >= 11 is 3.15. The molecule has 34 heavy (non-hydrogen) atoms. The summed E-state index contributed by atoms with van der Waals surface area (Å²) in [4.78, 5) is 30.2. The monoisotopic (exact) mass is 496 g/mol. The van der Waals surface area contributed by atoms with Gasteiger partial charge in [0.05, 0.1) is 4.88 Å². The Morgan fingerprint density at radius 3 is 2.32 bits per heavy atom. The normalized spacial score (nSPS) is 11.5. The first-order chi connectivity index (χ1) is 16.0. The molecule has 2 amide bonds. The van der Waals surface area contributed by atoms with E-state index in [1.165, 1.54) is 6.92 Å². The van der Waals surface area contributed by atoms with Gasteiger partial charge in [-0.3, -0.25) is 14.3 Å². The first-order valence-corrected chi connectivity index (χ1v) is 12.9. The van der Waals surface area contributed by atoms with Crippen molar-refractivity contribution in [3.05, 3.63) is 48.7 Å². The lowest BCUT2D eigenvalue weighted by atomic mass is 10.1. The van der Waals surface area contributed by atoms with Gasteiger partial charge >= 0.3 is 0 Å². The van der Waals surface area contributed by atoms with Crippen molar-refractivity contribution in [1.29, 1.82) is 0 Å². The van der Waals surface area contributed by atoms with Crippen LogP contribution in [0.15, 0.2) is 53.6 Å². The van der Waals surface area contributed by atoms with Crippen LogP contribution in [0.2, 0.25) is 0 Å². The van der Waals surface area contributed by atoms with Gasteiger partial charge in [-0.05, 0) is 75.0 Å². The fraction of sp³-hybridized carbons (Fsp3) is 0.346. The minimum atomic E-state index is -0.101. The second-order valence-electron chi connectivity index (χ2n) is 9.60. The van der Waals surface area contributed by atoms with E-state index in [4.69, 9.17) is 0 Å². The second kappa shape index (κ2) is 11.2. The molecule has 0 aliphatic rings. The highest BCUT2D eigenvalue weighted by Gasteiger charge is 2.16. The van der Waals surface area contributed by atoms with E-state index in [1.54, 1.807) is 23.3 Å². The summed E-state index contributed by atoms with van der Waals surface area (Å²) in [5.41, 5.74) is 3.52. The molecule has 8 heteroatoms. The zero-order valence-electron chi connectivity index (χ0n) is 20.5. The minimum absolute atomic E-state index is 0.0240. The van der Waals surface area contributed by atoms with Crippen LogP contribution in [0, 0.1) is 5.92 Å². The van der Waals surface area contributed by atoms with Crippen molar-refractivity contribution >= 4 is 46.5 Å². The van der Waals surface area contributed by atoms with E-state index in [0.29, 0.717) is 12.3 Å². The number of anilines is 2. The van der Waals surface area contributed by atoms with E-state index in [1.807, 2.05) is 62.5 Å². The Balaban J connectivity index is 1.83. The number of carbonyl (C=O) groups excluding carboxylic acids is 2. The Hall–Kier alpha value is -2.68. The standard InChI is InChI=1S/C26H32N4O2S2/c1-16(2)13-24(32)29-19-9-7-18(8-10-19)25-27-15-23(33-25)21-12-11-20(28-17(3)31)14-22(21)34-30-26(4,5)6/h7-12,14-16,30H,13H2,1-6H3,(H,28,31)(H,29,32). The summed E-state index contributed by atoms with van der Waals surface area (Å²) in [6.45, 7) is 11.9. The van der Waals surface area contributed by atoms with Crippen molar-refractivity contribution < 1.29 is 9.59 Å². The largest absolute Gasteiger partial charge is 0.326 e. The highest BCUT2D eigenvalue weighted by molar-refractivity contribution is 7.97. The van der Waals surface area contributed by atoms with Crippen molar-refractivity contribution in [1.82, 2.24) is 9.71 Å². The molecule has 0 atom stereocenters. The Morgan fingerprint density at radius 1 is 1.03 bits per heavy atom. The maximum absolute atomic E-state index is 12.0. The van der Waals surface area contributed by atoms with Gasteiger partial charge in [-0.1, -0.05) is 19.9 Å². The van der Waals surface area contributed by atoms with Crippen LogP contribution in [0.3, 0.4) is 0 Å². The third-order valence-corrected chi connectivity index (χ3v) is 6.90. The SMILES string of the molecule is CC(=O)Nc1ccc(-c2cnc(-c3ccc(NC(=O)CC(C)C)cc3)s2)c(SNC(C)(C)C)c1. The van der Waals surface area contributed by atoms with E-state index in [0.717, 1.165) is 37.3 Å². The molecular formula is C26H32N4O2S2. The number of nitrogens with one attached hydrogen (secondary N) is 3. The lowest BCUT2D eigenvalue weighted by molar-refractivity contribution is -0.117. The molecule has 0 radical (unpaired) electrons. The molecular weight excluding hydrogens is 464 g/mol. The number of rotatable bonds is 8. The summed E-state index contributed by atoms with van der Waals surface area (Å²) in [5, 5.41) is 6.70. The number of amides is 2. The van der Waals surface area contributed by atoms with Crippen LogP contribution in [0.25, 0.3) is 21.0 Å². The van der Waals surface area contributed by atoms with Crippen molar-refractivity contribution in [3.63, 3.8) is 0 Å². The molecule has 0 fully saturated rings. The van der Waals surface area contributed by atoms with Crippen LogP contribution in [-0.4, -0.2) is 22.3 Å². The molecule has 0 saturated carbocycles. The Labute approximate surface area is 210 Å². The van der Waals surface area contributed by atoms with Gasteiger partial charge in [0.15, 0.2) is 0 Å². The average molecular weight is 497 g/mol. The number of aromatic nitrogens is 1. The first-order valence-electron chi connectivity index (χ1n) is 11.2. The Bertz CT molecular complexity index is 1150. The van der Waals surface area contributed by atoms with Crippen molar-refractivity contribution in [2.24, 2.45) is 5.92 Å². The lowest BCUT2D eigenvalue weighted by Crippen LogP contribution is -2.29. The molecule has 0 bridgehead atoms. The molecule has 3 N–H and O–H groups in total. The van der Waals surface area contributed by atoms with Crippen molar-refractivity contribution in [2.75, 3.05) is 10.6 Å². The zero-order chi connectivity index (χ0) is 24.9. The van der Waals surface area contributed by atoms with Crippen LogP contribution >= 0.6 is 23.3 Å². The number of benzene rings is 2. The molecule has 180 valence electrons. The molecule has 0 aliphatic heterocycles. The molecule has 1 heterocycles. The molecule has 3 aromatic rings. The lowest BCUT2D eigenvalue weighted by Gasteiger charge is -2.20. The number of hydrogen-bond donors (Lipinski definition) is 3. The van der Waals surface area contributed by atoms with Gasteiger partial charge in [0.2, 0.25) is 11.8 Å². The molecule has 0 saturated heterocycles. The van der Waals surface area contributed by atoms with Crippen LogP contribution in [-0.2, 0) is 9.59 Å². The van der Waals surface area contributed by atoms with Crippen LogP contribution in [0.5, 0.6) is 0 Å². The van der Waals surface area contributed by atoms with Gasteiger partial charge in [0.1, 0.15) is 5.01 Å². The molecule has 6 nitrogen and oxygen atoms in total. The Kier molecular flexibility index (Phi) is 8.52. The fourth-order valence-electron chi connectivity index (χ4n) is 3.11. The van der Waals surface area contributed by atoms with Gasteiger partial charge < -0.3 is 10.6 Å².